The topological polar surface area (TPSA) is 82.4 Å². The molecule has 8 heteroatoms. The van der Waals surface area contributed by atoms with Crippen molar-refractivity contribution in [2.75, 3.05) is 26.2 Å². The number of likely N-dealkylation sites (tertiary alicyclic amines) is 1. The molecule has 2 saturated heterocycles. The molecule has 0 unspecified atom stereocenters. The second-order valence-electron chi connectivity index (χ2n) is 7.90. The standard InChI is InChI=1S/C20H21F2N3O3/c21-20(22)5-14(6-20)18(26)24-8-15-11-28-17-10-25(9-16(15)17)19(27)13-3-1-2-12(4-13)7-23/h1-4,14-17H,5-6,8-11H2,(H,24,26)/t15-,16+,17+/m0/s1. The zero-order chi connectivity index (χ0) is 19.9. The molecule has 3 atom stereocenters. The lowest BCUT2D eigenvalue weighted by Crippen LogP contribution is -2.46. The number of ether oxygens (including phenoxy) is 1. The SMILES string of the molecule is N#Cc1cccc(C(=O)N2C[C@@H]3[C@@H](CNC(=O)C4CC(F)(F)C4)CO[C@@H]3C2)c1. The second kappa shape index (κ2) is 7.13. The number of carbonyl (C=O) groups excluding carboxylic acids is 2. The van der Waals surface area contributed by atoms with Crippen molar-refractivity contribution in [2.45, 2.75) is 24.9 Å². The molecule has 1 aromatic rings. The number of halogens is 2. The highest BCUT2D eigenvalue weighted by atomic mass is 19.3. The Morgan fingerprint density at radius 3 is 2.82 bits per heavy atom. The van der Waals surface area contributed by atoms with Crippen molar-refractivity contribution in [2.24, 2.45) is 17.8 Å². The quantitative estimate of drug-likeness (QED) is 0.852. The number of nitrogens with one attached hydrogen (secondary N) is 1. The first-order chi connectivity index (χ1) is 13.4. The zero-order valence-corrected chi connectivity index (χ0v) is 15.2. The van der Waals surface area contributed by atoms with Gasteiger partial charge in [-0.15, -0.1) is 0 Å². The van der Waals surface area contributed by atoms with Crippen molar-refractivity contribution in [3.63, 3.8) is 0 Å². The minimum Gasteiger partial charge on any atom is -0.376 e. The highest BCUT2D eigenvalue weighted by molar-refractivity contribution is 5.94. The summed E-state index contributed by atoms with van der Waals surface area (Å²) in [4.78, 5) is 26.5. The molecule has 3 fully saturated rings. The Hall–Kier alpha value is -2.53. The molecular formula is C20H21F2N3O3. The van der Waals surface area contributed by atoms with Gasteiger partial charge in [0, 0.05) is 55.8 Å². The average molecular weight is 389 g/mol. The van der Waals surface area contributed by atoms with E-state index in [1.54, 1.807) is 29.2 Å². The van der Waals surface area contributed by atoms with Crippen LogP contribution in [-0.2, 0) is 9.53 Å². The highest BCUT2D eigenvalue weighted by Crippen LogP contribution is 2.42. The van der Waals surface area contributed by atoms with Gasteiger partial charge in [0.2, 0.25) is 11.8 Å². The largest absolute Gasteiger partial charge is 0.376 e. The molecule has 6 nitrogen and oxygen atoms in total. The number of carbonyl (C=O) groups is 2. The van der Waals surface area contributed by atoms with Crippen LogP contribution in [0.3, 0.4) is 0 Å². The number of hydrogen-bond acceptors (Lipinski definition) is 4. The van der Waals surface area contributed by atoms with Crippen LogP contribution in [0.2, 0.25) is 0 Å². The molecule has 2 aliphatic heterocycles. The molecule has 1 aromatic carbocycles. The molecular weight excluding hydrogens is 368 g/mol. The molecule has 0 spiro atoms. The first kappa shape index (κ1) is 18.8. The first-order valence-electron chi connectivity index (χ1n) is 9.43. The fourth-order valence-electron chi connectivity index (χ4n) is 4.30. The number of nitriles is 1. The first-order valence-corrected chi connectivity index (χ1v) is 9.43. The Morgan fingerprint density at radius 1 is 1.32 bits per heavy atom. The molecule has 3 aliphatic rings. The van der Waals surface area contributed by atoms with Crippen LogP contribution in [0.5, 0.6) is 0 Å². The van der Waals surface area contributed by atoms with E-state index in [0.29, 0.717) is 37.4 Å². The van der Waals surface area contributed by atoms with Gasteiger partial charge in [0.1, 0.15) is 0 Å². The summed E-state index contributed by atoms with van der Waals surface area (Å²) >= 11 is 0. The lowest BCUT2D eigenvalue weighted by molar-refractivity contribution is -0.150. The smallest absolute Gasteiger partial charge is 0.253 e. The third-order valence-electron chi connectivity index (χ3n) is 5.96. The zero-order valence-electron chi connectivity index (χ0n) is 15.2. The molecule has 148 valence electrons. The molecule has 2 heterocycles. The van der Waals surface area contributed by atoms with Gasteiger partial charge in [-0.25, -0.2) is 8.78 Å². The van der Waals surface area contributed by atoms with Gasteiger partial charge in [0.25, 0.3) is 5.91 Å². The summed E-state index contributed by atoms with van der Waals surface area (Å²) in [6.45, 7) is 1.85. The van der Waals surface area contributed by atoms with E-state index in [-0.39, 0.29) is 42.6 Å². The van der Waals surface area contributed by atoms with Gasteiger partial charge in [-0.05, 0) is 18.2 Å². The molecule has 2 amide bonds. The van der Waals surface area contributed by atoms with E-state index in [2.05, 4.69) is 5.32 Å². The summed E-state index contributed by atoms with van der Waals surface area (Å²) < 4.78 is 31.6. The molecule has 28 heavy (non-hydrogen) atoms. The molecule has 1 N–H and O–H groups in total. The number of amides is 2. The van der Waals surface area contributed by atoms with Crippen molar-refractivity contribution in [3.8, 4) is 6.07 Å². The summed E-state index contributed by atoms with van der Waals surface area (Å²) in [7, 11) is 0. The predicted molar refractivity (Wildman–Crippen MR) is 94.5 cm³/mol. The summed E-state index contributed by atoms with van der Waals surface area (Å²) in [6, 6.07) is 8.62. The van der Waals surface area contributed by atoms with Crippen LogP contribution < -0.4 is 5.32 Å². The highest BCUT2D eigenvalue weighted by Gasteiger charge is 2.49. The molecule has 4 rings (SSSR count). The summed E-state index contributed by atoms with van der Waals surface area (Å²) in [6.07, 6.45) is -0.843. The van der Waals surface area contributed by atoms with Crippen molar-refractivity contribution in [1.82, 2.24) is 10.2 Å². The minimum atomic E-state index is -2.71. The van der Waals surface area contributed by atoms with Gasteiger partial charge in [0.15, 0.2) is 0 Å². The van der Waals surface area contributed by atoms with Crippen LogP contribution in [0.25, 0.3) is 0 Å². The Bertz CT molecular complexity index is 830. The van der Waals surface area contributed by atoms with Crippen LogP contribution >= 0.6 is 0 Å². The average Bonchev–Trinajstić information content (AvgIpc) is 3.24. The van der Waals surface area contributed by atoms with Crippen molar-refractivity contribution < 1.29 is 23.1 Å². The van der Waals surface area contributed by atoms with Crippen LogP contribution in [-0.4, -0.2) is 55.0 Å². The van der Waals surface area contributed by atoms with E-state index >= 15 is 0 Å². The van der Waals surface area contributed by atoms with Crippen molar-refractivity contribution in [1.29, 1.82) is 5.26 Å². The maximum Gasteiger partial charge on any atom is 0.253 e. The van der Waals surface area contributed by atoms with E-state index in [9.17, 15) is 18.4 Å². The second-order valence-corrected chi connectivity index (χ2v) is 7.90. The van der Waals surface area contributed by atoms with E-state index in [0.717, 1.165) is 0 Å². The minimum absolute atomic E-state index is 0.0535. The third-order valence-corrected chi connectivity index (χ3v) is 5.96. The molecule has 0 radical (unpaired) electrons. The van der Waals surface area contributed by atoms with Gasteiger partial charge in [0.05, 0.1) is 24.3 Å². The van der Waals surface area contributed by atoms with E-state index < -0.39 is 11.8 Å². The fourth-order valence-corrected chi connectivity index (χ4v) is 4.30. The lowest BCUT2D eigenvalue weighted by Gasteiger charge is -2.34. The van der Waals surface area contributed by atoms with E-state index in [1.165, 1.54) is 0 Å². The third kappa shape index (κ3) is 3.59. The van der Waals surface area contributed by atoms with E-state index in [1.807, 2.05) is 6.07 Å². The number of rotatable bonds is 4. The summed E-state index contributed by atoms with van der Waals surface area (Å²) in [5.41, 5.74) is 0.901. The molecule has 0 aromatic heterocycles. The van der Waals surface area contributed by atoms with Gasteiger partial charge in [-0.2, -0.15) is 5.26 Å². The van der Waals surface area contributed by atoms with Crippen LogP contribution in [0.4, 0.5) is 8.78 Å². The predicted octanol–water partition coefficient (Wildman–Crippen LogP) is 1.81. The van der Waals surface area contributed by atoms with Crippen molar-refractivity contribution >= 4 is 11.8 Å². The number of alkyl halides is 2. The van der Waals surface area contributed by atoms with Crippen LogP contribution in [0.1, 0.15) is 28.8 Å². The maximum atomic E-state index is 12.9. The Kier molecular flexibility index (Phi) is 4.79. The molecule has 1 aliphatic carbocycles. The summed E-state index contributed by atoms with van der Waals surface area (Å²) in [5.74, 6) is -3.63. The van der Waals surface area contributed by atoms with Gasteiger partial charge < -0.3 is 15.0 Å². The monoisotopic (exact) mass is 389 g/mol. The molecule has 1 saturated carbocycles. The lowest BCUT2D eigenvalue weighted by atomic mass is 9.80. The number of benzene rings is 1. The Morgan fingerprint density at radius 2 is 2.11 bits per heavy atom. The fraction of sp³-hybridized carbons (Fsp3) is 0.550. The van der Waals surface area contributed by atoms with Crippen molar-refractivity contribution in [3.05, 3.63) is 35.4 Å². The Balaban J connectivity index is 1.32. The van der Waals surface area contributed by atoms with Gasteiger partial charge in [-0.3, -0.25) is 9.59 Å². The maximum absolute atomic E-state index is 12.9. The van der Waals surface area contributed by atoms with Gasteiger partial charge >= 0.3 is 0 Å². The number of fused-ring (bicyclic) bond motifs is 1. The Labute approximate surface area is 161 Å². The van der Waals surface area contributed by atoms with Crippen LogP contribution in [0, 0.1) is 29.1 Å². The summed E-state index contributed by atoms with van der Waals surface area (Å²) in [5, 5.41) is 11.8. The van der Waals surface area contributed by atoms with Crippen LogP contribution in [0.15, 0.2) is 24.3 Å². The normalized spacial score (nSPS) is 28.3. The van der Waals surface area contributed by atoms with Gasteiger partial charge in [-0.1, -0.05) is 6.07 Å². The number of nitrogens with zero attached hydrogens (tertiary/aromatic N) is 2. The molecule has 0 bridgehead atoms. The number of hydrogen-bond donors (Lipinski definition) is 1. The van der Waals surface area contributed by atoms with E-state index in [4.69, 9.17) is 10.00 Å².